The highest BCUT2D eigenvalue weighted by atomic mass is 16.4. The first kappa shape index (κ1) is 23.3. The van der Waals surface area contributed by atoms with Gasteiger partial charge < -0.3 is 32.5 Å². The van der Waals surface area contributed by atoms with Crippen molar-refractivity contribution >= 4 is 29.6 Å². The van der Waals surface area contributed by atoms with Gasteiger partial charge in [-0.2, -0.15) is 0 Å². The van der Waals surface area contributed by atoms with Crippen molar-refractivity contribution in [2.45, 2.75) is 51.7 Å². The third-order valence-corrected chi connectivity index (χ3v) is 3.45. The third-order valence-electron chi connectivity index (χ3n) is 3.45. The largest absolute Gasteiger partial charge is 0.480 e. The lowest BCUT2D eigenvalue weighted by atomic mass is 10.0. The number of aliphatic carboxylic acids is 1. The second-order valence-corrected chi connectivity index (χ2v) is 6.18. The lowest BCUT2D eigenvalue weighted by molar-refractivity contribution is -0.138. The second-order valence-electron chi connectivity index (χ2n) is 6.18. The average molecular weight is 373 g/mol. The molecule has 3 atom stereocenters. The summed E-state index contributed by atoms with van der Waals surface area (Å²) < 4.78 is 0. The van der Waals surface area contributed by atoms with Crippen molar-refractivity contribution in [3.05, 3.63) is 0 Å². The molecule has 8 N–H and O–H groups in total. The maximum Gasteiger partial charge on any atom is 0.322 e. The zero-order valence-electron chi connectivity index (χ0n) is 15.1. The van der Waals surface area contributed by atoms with E-state index in [0.29, 0.717) is 0 Å². The van der Waals surface area contributed by atoms with Crippen LogP contribution in [0.4, 0.5) is 0 Å². The highest BCUT2D eigenvalue weighted by Crippen LogP contribution is 2.04. The van der Waals surface area contributed by atoms with E-state index >= 15 is 0 Å². The van der Waals surface area contributed by atoms with Crippen molar-refractivity contribution in [2.75, 3.05) is 6.54 Å². The van der Waals surface area contributed by atoms with Gasteiger partial charge in [-0.3, -0.25) is 24.0 Å². The number of nitrogens with one attached hydrogen (secondary N) is 3. The Morgan fingerprint density at radius 1 is 0.962 bits per heavy atom. The van der Waals surface area contributed by atoms with Gasteiger partial charge in [0.1, 0.15) is 18.6 Å². The van der Waals surface area contributed by atoms with Crippen molar-refractivity contribution in [1.82, 2.24) is 16.0 Å². The van der Waals surface area contributed by atoms with Crippen molar-refractivity contribution in [1.29, 1.82) is 0 Å². The molecule has 0 aromatic carbocycles. The average Bonchev–Trinajstić information content (AvgIpc) is 2.54. The quantitative estimate of drug-likeness (QED) is 0.229. The van der Waals surface area contributed by atoms with Crippen LogP contribution in [-0.2, 0) is 24.0 Å². The SMILES string of the molecule is CC(NC(=O)C(NC(=O)C(N)CCC(N)=O)C(C)C)C(=O)NCC(=O)O. The van der Waals surface area contributed by atoms with E-state index in [0.717, 1.165) is 0 Å². The smallest absolute Gasteiger partial charge is 0.322 e. The fourth-order valence-corrected chi connectivity index (χ4v) is 1.91. The van der Waals surface area contributed by atoms with Gasteiger partial charge >= 0.3 is 5.97 Å². The third kappa shape index (κ3) is 8.97. The molecule has 11 nitrogen and oxygen atoms in total. The first-order valence-corrected chi connectivity index (χ1v) is 8.09. The van der Waals surface area contributed by atoms with Crippen LogP contribution < -0.4 is 27.4 Å². The Hall–Kier alpha value is -2.69. The monoisotopic (exact) mass is 373 g/mol. The summed E-state index contributed by atoms with van der Waals surface area (Å²) in [6.07, 6.45) is -0.0183. The molecule has 0 aliphatic rings. The van der Waals surface area contributed by atoms with Crippen LogP contribution in [0.1, 0.15) is 33.6 Å². The van der Waals surface area contributed by atoms with Gasteiger partial charge in [-0.05, 0) is 19.3 Å². The summed E-state index contributed by atoms with van der Waals surface area (Å²) in [5, 5.41) is 15.5. The molecule has 26 heavy (non-hydrogen) atoms. The van der Waals surface area contributed by atoms with Gasteiger partial charge in [0.05, 0.1) is 6.04 Å². The van der Waals surface area contributed by atoms with Crippen LogP contribution in [-0.4, -0.2) is 59.4 Å². The summed E-state index contributed by atoms with van der Waals surface area (Å²) in [5.74, 6) is -4.03. The Labute approximate surface area is 151 Å². The van der Waals surface area contributed by atoms with Gasteiger partial charge in [0.15, 0.2) is 0 Å². The van der Waals surface area contributed by atoms with Gasteiger partial charge in [0, 0.05) is 6.42 Å². The molecular weight excluding hydrogens is 346 g/mol. The van der Waals surface area contributed by atoms with Crippen LogP contribution in [0.2, 0.25) is 0 Å². The lowest BCUT2D eigenvalue weighted by Gasteiger charge is -2.25. The number of carbonyl (C=O) groups is 5. The number of carboxylic acid groups (broad SMARTS) is 1. The van der Waals surface area contributed by atoms with E-state index in [4.69, 9.17) is 16.6 Å². The van der Waals surface area contributed by atoms with Gasteiger partial charge in [0.2, 0.25) is 23.6 Å². The number of hydrogen-bond acceptors (Lipinski definition) is 6. The van der Waals surface area contributed by atoms with Crippen LogP contribution in [0.15, 0.2) is 0 Å². The zero-order valence-corrected chi connectivity index (χ0v) is 15.1. The molecule has 0 fully saturated rings. The number of carbonyl (C=O) groups excluding carboxylic acids is 4. The Bertz CT molecular complexity index is 551. The van der Waals surface area contributed by atoms with Crippen LogP contribution in [0.3, 0.4) is 0 Å². The van der Waals surface area contributed by atoms with Crippen molar-refractivity contribution in [3.8, 4) is 0 Å². The summed E-state index contributed by atoms with van der Waals surface area (Å²) in [6, 6.07) is -2.96. The molecule has 0 aliphatic heterocycles. The van der Waals surface area contributed by atoms with Crippen molar-refractivity contribution in [2.24, 2.45) is 17.4 Å². The molecule has 0 saturated heterocycles. The van der Waals surface area contributed by atoms with E-state index in [1.54, 1.807) is 13.8 Å². The summed E-state index contributed by atoms with van der Waals surface area (Å²) >= 11 is 0. The molecule has 148 valence electrons. The van der Waals surface area contributed by atoms with Crippen molar-refractivity contribution in [3.63, 3.8) is 0 Å². The fourth-order valence-electron chi connectivity index (χ4n) is 1.91. The van der Waals surface area contributed by atoms with Crippen LogP contribution in [0.5, 0.6) is 0 Å². The minimum Gasteiger partial charge on any atom is -0.480 e. The van der Waals surface area contributed by atoms with Crippen LogP contribution >= 0.6 is 0 Å². The summed E-state index contributed by atoms with van der Waals surface area (Å²) in [6.45, 7) is 4.19. The normalized spacial score (nSPS) is 14.0. The van der Waals surface area contributed by atoms with E-state index in [2.05, 4.69) is 16.0 Å². The Morgan fingerprint density at radius 2 is 1.54 bits per heavy atom. The standard InChI is InChI=1S/C15H27N5O6/c1-7(2)12(20-14(25)9(16)4-5-10(17)21)15(26)19-8(3)13(24)18-6-11(22)23/h7-9,12H,4-6,16H2,1-3H3,(H2,17,21)(H,18,24)(H,19,26)(H,20,25)(H,22,23). The Balaban J connectivity index is 4.75. The van der Waals surface area contributed by atoms with Gasteiger partial charge in [-0.1, -0.05) is 13.8 Å². The van der Waals surface area contributed by atoms with E-state index in [9.17, 15) is 24.0 Å². The molecular formula is C15H27N5O6. The molecule has 3 unspecified atom stereocenters. The topological polar surface area (TPSA) is 194 Å². The van der Waals surface area contributed by atoms with E-state index in [1.165, 1.54) is 6.92 Å². The molecule has 0 aromatic rings. The molecule has 0 aliphatic carbocycles. The van der Waals surface area contributed by atoms with Gasteiger partial charge in [0.25, 0.3) is 0 Å². The maximum absolute atomic E-state index is 12.3. The second kappa shape index (κ2) is 11.0. The highest BCUT2D eigenvalue weighted by Gasteiger charge is 2.28. The molecule has 4 amide bonds. The number of amides is 4. The predicted molar refractivity (Wildman–Crippen MR) is 91.4 cm³/mol. The Morgan fingerprint density at radius 3 is 2.00 bits per heavy atom. The molecule has 0 spiro atoms. The lowest BCUT2D eigenvalue weighted by Crippen LogP contribution is -2.57. The minimum atomic E-state index is -1.21. The predicted octanol–water partition coefficient (Wildman–Crippen LogP) is -2.57. The summed E-state index contributed by atoms with van der Waals surface area (Å²) in [5.41, 5.74) is 10.7. The maximum atomic E-state index is 12.3. The first-order valence-electron chi connectivity index (χ1n) is 8.09. The van der Waals surface area contributed by atoms with Crippen LogP contribution in [0, 0.1) is 5.92 Å². The van der Waals surface area contributed by atoms with E-state index < -0.39 is 54.3 Å². The molecule has 0 rings (SSSR count). The molecule has 0 saturated carbocycles. The first-order chi connectivity index (χ1) is 12.0. The Kier molecular flexibility index (Phi) is 9.89. The molecule has 0 radical (unpaired) electrons. The van der Waals surface area contributed by atoms with Crippen LogP contribution in [0.25, 0.3) is 0 Å². The summed E-state index contributed by atoms with van der Waals surface area (Å²) in [7, 11) is 0. The highest BCUT2D eigenvalue weighted by molar-refractivity contribution is 5.93. The molecule has 0 aromatic heterocycles. The minimum absolute atomic E-state index is 0.0433. The van der Waals surface area contributed by atoms with Gasteiger partial charge in [-0.15, -0.1) is 0 Å². The van der Waals surface area contributed by atoms with Crippen molar-refractivity contribution < 1.29 is 29.1 Å². The van der Waals surface area contributed by atoms with Gasteiger partial charge in [-0.25, -0.2) is 0 Å². The van der Waals surface area contributed by atoms with E-state index in [-0.39, 0.29) is 18.8 Å². The number of carboxylic acids is 1. The molecule has 11 heteroatoms. The molecule has 0 heterocycles. The van der Waals surface area contributed by atoms with E-state index in [1.807, 2.05) is 0 Å². The zero-order chi connectivity index (χ0) is 20.4. The number of rotatable bonds is 11. The fraction of sp³-hybridized carbons (Fsp3) is 0.667. The number of primary amides is 1. The number of hydrogen-bond donors (Lipinski definition) is 6. The molecule has 0 bridgehead atoms. The number of nitrogens with two attached hydrogens (primary N) is 2. The summed E-state index contributed by atoms with van der Waals surface area (Å²) in [4.78, 5) is 57.3.